The minimum atomic E-state index is -0.516. The van der Waals surface area contributed by atoms with Crippen LogP contribution in [0.2, 0.25) is 0 Å². The van der Waals surface area contributed by atoms with Crippen molar-refractivity contribution < 1.29 is 114 Å². The van der Waals surface area contributed by atoms with Crippen LogP contribution in [-0.2, 0) is 19.4 Å². The fraction of sp³-hybridized carbons (Fsp3) is 0.917. The summed E-state index contributed by atoms with van der Waals surface area (Å²) >= 11 is 0. The molecule has 0 aliphatic heterocycles. The van der Waals surface area contributed by atoms with Crippen LogP contribution in [0.4, 0.5) is 0 Å². The van der Waals surface area contributed by atoms with Crippen molar-refractivity contribution in [2.45, 2.75) is 142 Å². The molecule has 6 nitrogen and oxygen atoms in total. The van der Waals surface area contributed by atoms with E-state index in [1.807, 2.05) is 0 Å². The molecule has 0 atom stereocenters. The fourth-order valence-corrected chi connectivity index (χ4v) is 3.25. The van der Waals surface area contributed by atoms with Crippen molar-refractivity contribution in [3.05, 3.63) is 0 Å². The summed E-state index contributed by atoms with van der Waals surface area (Å²) in [5.74, 6) is -1.03. The summed E-state index contributed by atoms with van der Waals surface area (Å²) in [5, 5.41) is 16.0. The molecule has 0 aromatic rings. The predicted molar refractivity (Wildman–Crippen MR) is 123 cm³/mol. The van der Waals surface area contributed by atoms with E-state index in [0.717, 1.165) is 25.7 Å². The molecule has 0 aliphatic rings. The van der Waals surface area contributed by atoms with Crippen molar-refractivity contribution in [3.8, 4) is 0 Å². The largest absolute Gasteiger partial charge is 1.00 e. The molecule has 184 valence electrons. The third-order valence-corrected chi connectivity index (χ3v) is 5.17. The van der Waals surface area contributed by atoms with E-state index in [-0.39, 0.29) is 83.8 Å². The van der Waals surface area contributed by atoms with Gasteiger partial charge in [-0.05, 0) is 12.8 Å². The summed E-state index contributed by atoms with van der Waals surface area (Å²) in [6.07, 6.45) is 22.6. The molecule has 0 amide bonds. The van der Waals surface area contributed by atoms with Crippen LogP contribution >= 0.6 is 0 Å². The van der Waals surface area contributed by atoms with Gasteiger partial charge in [0.2, 0.25) is 0 Å². The Balaban J connectivity index is -0.000000103. The van der Waals surface area contributed by atoms with Crippen LogP contribution in [0.5, 0.6) is 0 Å². The topological polar surface area (TPSA) is 93.1 Å². The Labute approximate surface area is 264 Å². The summed E-state index contributed by atoms with van der Waals surface area (Å²) in [6.45, 7) is 4.44. The van der Waals surface area contributed by atoms with Crippen molar-refractivity contribution >= 4 is 11.9 Å². The van der Waals surface area contributed by atoms with Crippen LogP contribution in [0.15, 0.2) is 0 Å². The second kappa shape index (κ2) is 37.1. The van der Waals surface area contributed by atoms with Crippen LogP contribution in [0.1, 0.15) is 145 Å². The van der Waals surface area contributed by atoms with Crippen molar-refractivity contribution in [1.29, 1.82) is 0 Å². The normalized spacial score (nSPS) is 9.62. The maximum Gasteiger partial charge on any atom is 1.00 e. The van der Waals surface area contributed by atoms with Gasteiger partial charge in [-0.3, -0.25) is 0 Å². The zero-order valence-corrected chi connectivity index (χ0v) is 26.8. The first-order valence-electron chi connectivity index (χ1n) is 12.3. The van der Waals surface area contributed by atoms with Gasteiger partial charge in [0, 0.05) is 12.8 Å². The van der Waals surface area contributed by atoms with Gasteiger partial charge in [-0.2, -0.15) is 10.5 Å². The standard InChI is InChI=1S/2C12H24O3.K.Na.2H/c2*1-2-3-4-5-6-7-8-9-10-11-12(13)15-14;;;;/h2*14H,2-11H2,1H3;;;;/q;;2*+1;2*-1. The van der Waals surface area contributed by atoms with Crippen molar-refractivity contribution in [3.63, 3.8) is 0 Å². The van der Waals surface area contributed by atoms with Gasteiger partial charge in [0.15, 0.2) is 0 Å². The van der Waals surface area contributed by atoms with E-state index in [2.05, 4.69) is 23.6 Å². The van der Waals surface area contributed by atoms with E-state index in [1.165, 1.54) is 89.9 Å². The molecule has 0 rings (SSSR count). The number of hydrogen-bond acceptors (Lipinski definition) is 6. The summed E-state index contributed by atoms with van der Waals surface area (Å²) in [4.78, 5) is 28.3. The molecular weight excluding hydrogens is 446 g/mol. The molecule has 32 heavy (non-hydrogen) atoms. The first kappa shape index (κ1) is 40.7. The van der Waals surface area contributed by atoms with Gasteiger partial charge in [-0.25, -0.2) is 9.59 Å². The molecule has 0 spiro atoms. The van der Waals surface area contributed by atoms with Gasteiger partial charge in [-0.1, -0.05) is 117 Å². The van der Waals surface area contributed by atoms with Crippen molar-refractivity contribution in [2.75, 3.05) is 0 Å². The van der Waals surface area contributed by atoms with Gasteiger partial charge < -0.3 is 12.6 Å². The molecule has 0 heterocycles. The zero-order chi connectivity index (χ0) is 22.7. The van der Waals surface area contributed by atoms with Gasteiger partial charge in [-0.15, -0.1) is 0 Å². The van der Waals surface area contributed by atoms with E-state index in [0.29, 0.717) is 12.8 Å². The molecule has 8 heteroatoms. The summed E-state index contributed by atoms with van der Waals surface area (Å²) in [7, 11) is 0. The minimum absolute atomic E-state index is 0. The molecule has 0 fully saturated rings. The smallest absolute Gasteiger partial charge is 1.00 e. The van der Waals surface area contributed by atoms with E-state index < -0.39 is 11.9 Å². The van der Waals surface area contributed by atoms with E-state index in [1.54, 1.807) is 0 Å². The van der Waals surface area contributed by atoms with Crippen LogP contribution in [0.3, 0.4) is 0 Å². The van der Waals surface area contributed by atoms with Gasteiger partial charge in [0.25, 0.3) is 0 Å². The predicted octanol–water partition coefficient (Wildman–Crippen LogP) is 2.08. The molecule has 0 saturated carbocycles. The van der Waals surface area contributed by atoms with E-state index in [4.69, 9.17) is 10.5 Å². The number of rotatable bonds is 20. The van der Waals surface area contributed by atoms with Crippen LogP contribution in [-0.4, -0.2) is 22.5 Å². The van der Waals surface area contributed by atoms with Crippen molar-refractivity contribution in [1.82, 2.24) is 0 Å². The van der Waals surface area contributed by atoms with Crippen LogP contribution in [0, 0.1) is 0 Å². The second-order valence-electron chi connectivity index (χ2n) is 8.08. The average molecular weight is 497 g/mol. The SMILES string of the molecule is CCCCCCCCCCCC(=O)OO.CCCCCCCCCCCC(=O)OO.[H-].[H-].[K+].[Na+]. The monoisotopic (exact) mass is 496 g/mol. The van der Waals surface area contributed by atoms with Gasteiger partial charge in [0.05, 0.1) is 0 Å². The first-order chi connectivity index (χ1) is 14.6. The summed E-state index contributed by atoms with van der Waals surface area (Å²) in [5.41, 5.74) is 0. The minimum Gasteiger partial charge on any atom is -1.00 e. The molecule has 2 N–H and O–H groups in total. The molecule has 0 aliphatic carbocycles. The van der Waals surface area contributed by atoms with E-state index >= 15 is 0 Å². The number of carbonyl (C=O) groups excluding carboxylic acids is 2. The Hall–Kier alpha value is 1.50. The Kier molecular flexibility index (Phi) is 47.1. The first-order valence-corrected chi connectivity index (χ1v) is 12.3. The molecule has 0 saturated heterocycles. The van der Waals surface area contributed by atoms with Gasteiger partial charge >= 0.3 is 92.9 Å². The Morgan fingerprint density at radius 2 is 0.750 bits per heavy atom. The Morgan fingerprint density at radius 3 is 0.969 bits per heavy atom. The maximum absolute atomic E-state index is 10.5. The van der Waals surface area contributed by atoms with Crippen LogP contribution < -0.4 is 80.9 Å². The molecule has 0 aromatic carbocycles. The molecule has 0 aromatic heterocycles. The second-order valence-corrected chi connectivity index (χ2v) is 8.08. The summed E-state index contributed by atoms with van der Waals surface area (Å²) in [6, 6.07) is 0. The zero-order valence-electron chi connectivity index (χ0n) is 23.7. The number of carbonyl (C=O) groups is 2. The van der Waals surface area contributed by atoms with Crippen molar-refractivity contribution in [2.24, 2.45) is 0 Å². The Morgan fingerprint density at radius 1 is 0.531 bits per heavy atom. The van der Waals surface area contributed by atoms with Gasteiger partial charge in [0.1, 0.15) is 0 Å². The maximum atomic E-state index is 10.5. The fourth-order valence-electron chi connectivity index (χ4n) is 3.25. The molecule has 0 unspecified atom stereocenters. The number of unbranched alkanes of at least 4 members (excludes halogenated alkanes) is 16. The van der Waals surface area contributed by atoms with E-state index in [9.17, 15) is 9.59 Å². The Bertz CT molecular complexity index is 349. The molecule has 0 radical (unpaired) electrons. The third kappa shape index (κ3) is 38.7. The molecule has 0 bridgehead atoms. The van der Waals surface area contributed by atoms with Crippen LogP contribution in [0.25, 0.3) is 0 Å². The summed E-state index contributed by atoms with van der Waals surface area (Å²) < 4.78 is 0. The molecular formula is C24H50KNaO6. The third-order valence-electron chi connectivity index (χ3n) is 5.17. The average Bonchev–Trinajstić information content (AvgIpc) is 2.76. The number of hydrogen-bond donors (Lipinski definition) is 2. The quantitative estimate of drug-likeness (QED) is 0.116.